The standard InChI is InChI=1S/C13H18ClNO/c1-15-9-13(16-10-5-4-6-10)11-7-2-3-8-12(11)14/h2-3,7-8,10,13,15H,4-6,9H2,1H3. The van der Waals surface area contributed by atoms with Crippen molar-refractivity contribution in [2.24, 2.45) is 0 Å². The van der Waals surface area contributed by atoms with Crippen LogP contribution in [-0.2, 0) is 4.74 Å². The van der Waals surface area contributed by atoms with E-state index in [0.717, 1.165) is 17.1 Å². The molecule has 88 valence electrons. The van der Waals surface area contributed by atoms with Crippen LogP contribution in [0.15, 0.2) is 24.3 Å². The van der Waals surface area contributed by atoms with Crippen LogP contribution in [0.3, 0.4) is 0 Å². The minimum Gasteiger partial charge on any atom is -0.369 e. The number of halogens is 1. The van der Waals surface area contributed by atoms with Gasteiger partial charge in [-0.25, -0.2) is 0 Å². The van der Waals surface area contributed by atoms with Crippen molar-refractivity contribution in [3.05, 3.63) is 34.9 Å². The molecule has 0 spiro atoms. The Hall–Kier alpha value is -0.570. The van der Waals surface area contributed by atoms with Crippen molar-refractivity contribution in [3.8, 4) is 0 Å². The maximum Gasteiger partial charge on any atom is 0.0967 e. The van der Waals surface area contributed by atoms with E-state index in [1.165, 1.54) is 19.3 Å². The summed E-state index contributed by atoms with van der Waals surface area (Å²) >= 11 is 6.19. The molecule has 1 aliphatic rings. The molecular weight excluding hydrogens is 222 g/mol. The van der Waals surface area contributed by atoms with Crippen molar-refractivity contribution >= 4 is 11.6 Å². The van der Waals surface area contributed by atoms with Gasteiger partial charge in [-0.15, -0.1) is 0 Å². The first-order valence-electron chi connectivity index (χ1n) is 5.85. The largest absolute Gasteiger partial charge is 0.369 e. The molecule has 0 bridgehead atoms. The Morgan fingerprint density at radius 2 is 2.19 bits per heavy atom. The zero-order chi connectivity index (χ0) is 11.4. The van der Waals surface area contributed by atoms with E-state index >= 15 is 0 Å². The van der Waals surface area contributed by atoms with Gasteiger partial charge < -0.3 is 10.1 Å². The van der Waals surface area contributed by atoms with Crippen molar-refractivity contribution in [1.29, 1.82) is 0 Å². The highest BCUT2D eigenvalue weighted by Crippen LogP contribution is 2.31. The molecule has 0 radical (unpaired) electrons. The van der Waals surface area contributed by atoms with Gasteiger partial charge in [0.05, 0.1) is 12.2 Å². The third-order valence-electron chi connectivity index (χ3n) is 3.05. The molecular formula is C13H18ClNO. The van der Waals surface area contributed by atoms with Crippen LogP contribution in [0.4, 0.5) is 0 Å². The van der Waals surface area contributed by atoms with Crippen LogP contribution in [0.2, 0.25) is 5.02 Å². The molecule has 0 aliphatic heterocycles. The van der Waals surface area contributed by atoms with E-state index in [1.54, 1.807) is 0 Å². The number of benzene rings is 1. The van der Waals surface area contributed by atoms with Crippen LogP contribution in [-0.4, -0.2) is 19.7 Å². The van der Waals surface area contributed by atoms with Crippen molar-refractivity contribution in [3.63, 3.8) is 0 Å². The highest BCUT2D eigenvalue weighted by atomic mass is 35.5. The summed E-state index contributed by atoms with van der Waals surface area (Å²) < 4.78 is 6.05. The number of hydrogen-bond donors (Lipinski definition) is 1. The Balaban J connectivity index is 2.08. The Kier molecular flexibility index (Phi) is 4.22. The van der Waals surface area contributed by atoms with E-state index in [2.05, 4.69) is 5.32 Å². The molecule has 1 N–H and O–H groups in total. The Morgan fingerprint density at radius 1 is 1.44 bits per heavy atom. The van der Waals surface area contributed by atoms with Crippen molar-refractivity contribution in [2.75, 3.05) is 13.6 Å². The van der Waals surface area contributed by atoms with Gasteiger partial charge in [0, 0.05) is 17.1 Å². The van der Waals surface area contributed by atoms with Gasteiger partial charge in [-0.1, -0.05) is 29.8 Å². The lowest BCUT2D eigenvalue weighted by Gasteiger charge is -2.31. The summed E-state index contributed by atoms with van der Waals surface area (Å²) in [7, 11) is 1.94. The van der Waals surface area contributed by atoms with Crippen molar-refractivity contribution < 1.29 is 4.74 Å². The number of rotatable bonds is 5. The smallest absolute Gasteiger partial charge is 0.0967 e. The summed E-state index contributed by atoms with van der Waals surface area (Å²) in [5, 5.41) is 3.96. The predicted octanol–water partition coefficient (Wildman–Crippen LogP) is 3.17. The summed E-state index contributed by atoms with van der Waals surface area (Å²) in [6, 6.07) is 7.92. The molecule has 2 rings (SSSR count). The molecule has 1 atom stereocenters. The lowest BCUT2D eigenvalue weighted by molar-refractivity contribution is -0.0512. The minimum absolute atomic E-state index is 0.0731. The second kappa shape index (κ2) is 5.67. The number of nitrogens with one attached hydrogen (secondary N) is 1. The third kappa shape index (κ3) is 2.76. The molecule has 1 saturated carbocycles. The molecule has 0 heterocycles. The van der Waals surface area contributed by atoms with E-state index in [0.29, 0.717) is 6.10 Å². The summed E-state index contributed by atoms with van der Waals surface area (Å²) in [5.74, 6) is 0. The summed E-state index contributed by atoms with van der Waals surface area (Å²) in [6.07, 6.45) is 4.16. The van der Waals surface area contributed by atoms with Crippen molar-refractivity contribution in [1.82, 2.24) is 5.32 Å². The van der Waals surface area contributed by atoms with Crippen molar-refractivity contribution in [2.45, 2.75) is 31.5 Å². The van der Waals surface area contributed by atoms with Gasteiger partial charge in [0.25, 0.3) is 0 Å². The molecule has 1 unspecified atom stereocenters. The summed E-state index contributed by atoms with van der Waals surface area (Å²) in [6.45, 7) is 0.806. The van der Waals surface area contributed by atoms with Gasteiger partial charge in [-0.2, -0.15) is 0 Å². The van der Waals surface area contributed by atoms with Gasteiger partial charge >= 0.3 is 0 Å². The normalized spacial score (nSPS) is 18.1. The van der Waals surface area contributed by atoms with Crippen LogP contribution in [0.5, 0.6) is 0 Å². The zero-order valence-electron chi connectivity index (χ0n) is 9.58. The monoisotopic (exact) mass is 239 g/mol. The second-order valence-corrected chi connectivity index (χ2v) is 4.66. The first kappa shape index (κ1) is 11.9. The minimum atomic E-state index is 0.0731. The number of ether oxygens (including phenoxy) is 1. The predicted molar refractivity (Wildman–Crippen MR) is 66.8 cm³/mol. The molecule has 3 heteroatoms. The van der Waals surface area contributed by atoms with E-state index in [4.69, 9.17) is 16.3 Å². The lowest BCUT2D eigenvalue weighted by atomic mass is 9.95. The highest BCUT2D eigenvalue weighted by Gasteiger charge is 2.24. The van der Waals surface area contributed by atoms with Crippen LogP contribution in [0.1, 0.15) is 30.9 Å². The van der Waals surface area contributed by atoms with Gasteiger partial charge in [0.2, 0.25) is 0 Å². The fraction of sp³-hybridized carbons (Fsp3) is 0.538. The Bertz CT molecular complexity index is 338. The zero-order valence-corrected chi connectivity index (χ0v) is 10.3. The van der Waals surface area contributed by atoms with Crippen LogP contribution in [0.25, 0.3) is 0 Å². The molecule has 0 amide bonds. The third-order valence-corrected chi connectivity index (χ3v) is 3.39. The molecule has 0 saturated heterocycles. The molecule has 1 fully saturated rings. The van der Waals surface area contributed by atoms with E-state index < -0.39 is 0 Å². The summed E-state index contributed by atoms with van der Waals surface area (Å²) in [5.41, 5.74) is 1.09. The molecule has 0 aromatic heterocycles. The first-order chi connectivity index (χ1) is 7.81. The Morgan fingerprint density at radius 3 is 2.75 bits per heavy atom. The number of hydrogen-bond acceptors (Lipinski definition) is 2. The number of likely N-dealkylation sites (N-methyl/N-ethyl adjacent to an activating group) is 1. The van der Waals surface area contributed by atoms with E-state index in [-0.39, 0.29) is 6.10 Å². The summed E-state index contributed by atoms with van der Waals surface area (Å²) in [4.78, 5) is 0. The lowest BCUT2D eigenvalue weighted by Crippen LogP contribution is -2.29. The average molecular weight is 240 g/mol. The topological polar surface area (TPSA) is 21.3 Å². The maximum atomic E-state index is 6.19. The average Bonchev–Trinajstić information content (AvgIpc) is 2.23. The Labute approximate surface area is 102 Å². The fourth-order valence-electron chi connectivity index (χ4n) is 1.89. The van der Waals surface area contributed by atoms with Gasteiger partial charge in [-0.05, 0) is 32.4 Å². The molecule has 1 aromatic carbocycles. The quantitative estimate of drug-likeness (QED) is 0.852. The van der Waals surface area contributed by atoms with Crippen LogP contribution < -0.4 is 5.32 Å². The molecule has 16 heavy (non-hydrogen) atoms. The molecule has 1 aromatic rings. The second-order valence-electron chi connectivity index (χ2n) is 4.26. The first-order valence-corrected chi connectivity index (χ1v) is 6.23. The van der Waals surface area contributed by atoms with Crippen LogP contribution >= 0.6 is 11.6 Å². The van der Waals surface area contributed by atoms with Crippen LogP contribution in [0, 0.1) is 0 Å². The molecule has 1 aliphatic carbocycles. The molecule has 2 nitrogen and oxygen atoms in total. The van der Waals surface area contributed by atoms with Gasteiger partial charge in [-0.3, -0.25) is 0 Å². The van der Waals surface area contributed by atoms with E-state index in [9.17, 15) is 0 Å². The maximum absolute atomic E-state index is 6.19. The van der Waals surface area contributed by atoms with Gasteiger partial charge in [0.15, 0.2) is 0 Å². The van der Waals surface area contributed by atoms with Gasteiger partial charge in [0.1, 0.15) is 0 Å². The highest BCUT2D eigenvalue weighted by molar-refractivity contribution is 6.31. The SMILES string of the molecule is CNCC(OC1CCC1)c1ccccc1Cl. The fourth-order valence-corrected chi connectivity index (χ4v) is 2.15. The van der Waals surface area contributed by atoms with E-state index in [1.807, 2.05) is 31.3 Å².